The highest BCUT2D eigenvalue weighted by Gasteiger charge is 2.16. The SMILES string of the molecule is Cc1ccc([C@H](C)C(=O)NCc2nnc(C)s2)s1. The Morgan fingerprint density at radius 2 is 2.11 bits per heavy atom. The summed E-state index contributed by atoms with van der Waals surface area (Å²) in [4.78, 5) is 14.3. The number of carbonyl (C=O) groups excluding carboxylic acids is 1. The summed E-state index contributed by atoms with van der Waals surface area (Å²) in [6, 6.07) is 4.05. The van der Waals surface area contributed by atoms with E-state index in [2.05, 4.69) is 15.5 Å². The lowest BCUT2D eigenvalue weighted by atomic mass is 10.1. The maximum atomic E-state index is 12.0. The molecule has 4 nitrogen and oxygen atoms in total. The van der Waals surface area contributed by atoms with Crippen LogP contribution >= 0.6 is 22.7 Å². The number of aryl methyl sites for hydroxylation is 2. The lowest BCUT2D eigenvalue weighted by Crippen LogP contribution is -2.27. The number of nitrogens with one attached hydrogen (secondary N) is 1. The Labute approximate surface area is 114 Å². The van der Waals surface area contributed by atoms with Crippen molar-refractivity contribution in [2.24, 2.45) is 0 Å². The highest BCUT2D eigenvalue weighted by Crippen LogP contribution is 2.24. The van der Waals surface area contributed by atoms with Crippen molar-refractivity contribution < 1.29 is 4.79 Å². The third kappa shape index (κ3) is 3.14. The van der Waals surface area contributed by atoms with Crippen molar-refractivity contribution >= 4 is 28.6 Å². The van der Waals surface area contributed by atoms with Gasteiger partial charge in [0.25, 0.3) is 0 Å². The average molecular weight is 281 g/mol. The molecule has 0 unspecified atom stereocenters. The first kappa shape index (κ1) is 13.2. The molecule has 1 amide bonds. The summed E-state index contributed by atoms with van der Waals surface area (Å²) in [7, 11) is 0. The summed E-state index contributed by atoms with van der Waals surface area (Å²) in [6.45, 7) is 6.33. The van der Waals surface area contributed by atoms with E-state index in [0.29, 0.717) is 6.54 Å². The van der Waals surface area contributed by atoms with Crippen LogP contribution in [0.1, 0.15) is 32.6 Å². The number of thiophene rings is 1. The molecule has 1 atom stereocenters. The van der Waals surface area contributed by atoms with E-state index < -0.39 is 0 Å². The standard InChI is InChI=1S/C12H15N3OS2/c1-7-4-5-10(17-7)8(2)12(16)13-6-11-15-14-9(3)18-11/h4-5,8H,6H2,1-3H3,(H,13,16)/t8-/m0/s1. The third-order valence-corrected chi connectivity index (χ3v) is 4.58. The number of rotatable bonds is 4. The summed E-state index contributed by atoms with van der Waals surface area (Å²) in [5.74, 6) is -0.0811. The molecule has 0 saturated carbocycles. The molecule has 0 spiro atoms. The van der Waals surface area contributed by atoms with Crippen LogP contribution in [-0.2, 0) is 11.3 Å². The molecule has 0 aliphatic carbocycles. The fourth-order valence-corrected chi connectivity index (χ4v) is 3.12. The smallest absolute Gasteiger partial charge is 0.228 e. The zero-order chi connectivity index (χ0) is 13.1. The van der Waals surface area contributed by atoms with E-state index in [-0.39, 0.29) is 11.8 Å². The van der Waals surface area contributed by atoms with Crippen LogP contribution in [0, 0.1) is 13.8 Å². The zero-order valence-corrected chi connectivity index (χ0v) is 12.2. The minimum absolute atomic E-state index is 0.0321. The van der Waals surface area contributed by atoms with Crippen LogP contribution in [-0.4, -0.2) is 16.1 Å². The van der Waals surface area contributed by atoms with Crippen molar-refractivity contribution in [1.82, 2.24) is 15.5 Å². The monoisotopic (exact) mass is 281 g/mol. The molecule has 0 fully saturated rings. The quantitative estimate of drug-likeness (QED) is 0.937. The second-order valence-electron chi connectivity index (χ2n) is 4.10. The molecule has 1 N–H and O–H groups in total. The predicted octanol–water partition coefficient (Wildman–Crippen LogP) is 2.64. The van der Waals surface area contributed by atoms with Gasteiger partial charge in [-0.25, -0.2) is 0 Å². The van der Waals surface area contributed by atoms with Crippen molar-refractivity contribution in [3.63, 3.8) is 0 Å². The van der Waals surface area contributed by atoms with Crippen molar-refractivity contribution in [3.05, 3.63) is 31.9 Å². The molecular formula is C12H15N3OS2. The predicted molar refractivity (Wildman–Crippen MR) is 74.0 cm³/mol. The first-order valence-corrected chi connectivity index (χ1v) is 7.32. The molecule has 0 radical (unpaired) electrons. The number of hydrogen-bond acceptors (Lipinski definition) is 5. The Hall–Kier alpha value is -1.27. The first-order valence-electron chi connectivity index (χ1n) is 5.69. The van der Waals surface area contributed by atoms with Gasteiger partial charge in [-0.2, -0.15) is 0 Å². The molecule has 0 saturated heterocycles. The number of nitrogens with zero attached hydrogens (tertiary/aromatic N) is 2. The van der Waals surface area contributed by atoms with E-state index in [1.165, 1.54) is 16.2 Å². The van der Waals surface area contributed by atoms with Gasteiger partial charge in [0.15, 0.2) is 0 Å². The molecule has 2 rings (SSSR count). The normalized spacial score (nSPS) is 12.4. The summed E-state index contributed by atoms with van der Waals surface area (Å²) < 4.78 is 0. The average Bonchev–Trinajstić information content (AvgIpc) is 2.94. The topological polar surface area (TPSA) is 54.9 Å². The molecule has 2 aromatic rings. The van der Waals surface area contributed by atoms with Gasteiger partial charge in [-0.3, -0.25) is 4.79 Å². The number of hydrogen-bond donors (Lipinski definition) is 1. The van der Waals surface area contributed by atoms with Crippen LogP contribution in [0.25, 0.3) is 0 Å². The van der Waals surface area contributed by atoms with E-state index in [1.54, 1.807) is 11.3 Å². The molecule has 0 bridgehead atoms. The van der Waals surface area contributed by atoms with Gasteiger partial charge in [0.05, 0.1) is 12.5 Å². The summed E-state index contributed by atoms with van der Waals surface area (Å²) in [5, 5.41) is 12.6. The molecule has 2 aromatic heterocycles. The van der Waals surface area contributed by atoms with Gasteiger partial charge in [0, 0.05) is 9.75 Å². The van der Waals surface area contributed by atoms with Crippen molar-refractivity contribution in [3.8, 4) is 0 Å². The van der Waals surface area contributed by atoms with Crippen LogP contribution in [0.4, 0.5) is 0 Å². The van der Waals surface area contributed by atoms with Gasteiger partial charge in [-0.1, -0.05) is 11.3 Å². The molecule has 0 aliphatic rings. The lowest BCUT2D eigenvalue weighted by Gasteiger charge is -2.09. The Morgan fingerprint density at radius 1 is 1.33 bits per heavy atom. The van der Waals surface area contributed by atoms with E-state index in [9.17, 15) is 4.79 Å². The molecule has 0 aromatic carbocycles. The molecular weight excluding hydrogens is 266 g/mol. The molecule has 6 heteroatoms. The largest absolute Gasteiger partial charge is 0.349 e. The van der Waals surface area contributed by atoms with E-state index in [1.807, 2.05) is 32.9 Å². The summed E-state index contributed by atoms with van der Waals surface area (Å²) >= 11 is 3.17. The highest BCUT2D eigenvalue weighted by atomic mass is 32.1. The summed E-state index contributed by atoms with van der Waals surface area (Å²) in [5.41, 5.74) is 0. The second kappa shape index (κ2) is 5.58. The Morgan fingerprint density at radius 3 is 2.67 bits per heavy atom. The van der Waals surface area contributed by atoms with Gasteiger partial charge >= 0.3 is 0 Å². The molecule has 2 heterocycles. The van der Waals surface area contributed by atoms with Crippen LogP contribution < -0.4 is 5.32 Å². The Balaban J connectivity index is 1.92. The van der Waals surface area contributed by atoms with Gasteiger partial charge in [0.2, 0.25) is 5.91 Å². The zero-order valence-electron chi connectivity index (χ0n) is 10.6. The van der Waals surface area contributed by atoms with Crippen LogP contribution in [0.15, 0.2) is 12.1 Å². The van der Waals surface area contributed by atoms with Gasteiger partial charge < -0.3 is 5.32 Å². The first-order chi connectivity index (χ1) is 8.56. The van der Waals surface area contributed by atoms with Crippen molar-refractivity contribution in [1.29, 1.82) is 0 Å². The minimum atomic E-state index is -0.113. The number of aromatic nitrogens is 2. The minimum Gasteiger partial charge on any atom is -0.349 e. The van der Waals surface area contributed by atoms with Crippen molar-refractivity contribution in [2.45, 2.75) is 33.2 Å². The van der Waals surface area contributed by atoms with Crippen LogP contribution in [0.2, 0.25) is 0 Å². The third-order valence-electron chi connectivity index (χ3n) is 2.56. The fourth-order valence-electron chi connectivity index (χ4n) is 1.54. The van der Waals surface area contributed by atoms with Gasteiger partial charge in [-0.15, -0.1) is 21.5 Å². The van der Waals surface area contributed by atoms with E-state index >= 15 is 0 Å². The molecule has 18 heavy (non-hydrogen) atoms. The molecule has 96 valence electrons. The van der Waals surface area contributed by atoms with Crippen molar-refractivity contribution in [2.75, 3.05) is 0 Å². The van der Waals surface area contributed by atoms with Crippen LogP contribution in [0.3, 0.4) is 0 Å². The maximum Gasteiger partial charge on any atom is 0.228 e. The van der Waals surface area contributed by atoms with E-state index in [4.69, 9.17) is 0 Å². The number of carbonyl (C=O) groups is 1. The Bertz CT molecular complexity index is 547. The van der Waals surface area contributed by atoms with Gasteiger partial charge in [-0.05, 0) is 32.9 Å². The van der Waals surface area contributed by atoms with Gasteiger partial charge in [0.1, 0.15) is 10.0 Å². The highest BCUT2D eigenvalue weighted by molar-refractivity contribution is 7.12. The molecule has 0 aliphatic heterocycles. The lowest BCUT2D eigenvalue weighted by molar-refractivity contribution is -0.122. The van der Waals surface area contributed by atoms with Crippen LogP contribution in [0.5, 0.6) is 0 Å². The maximum absolute atomic E-state index is 12.0. The number of amides is 1. The van der Waals surface area contributed by atoms with E-state index in [0.717, 1.165) is 14.9 Å². The summed E-state index contributed by atoms with van der Waals surface area (Å²) in [6.07, 6.45) is 0. The Kier molecular flexibility index (Phi) is 4.08. The fraction of sp³-hybridized carbons (Fsp3) is 0.417. The second-order valence-corrected chi connectivity index (χ2v) is 6.69.